The van der Waals surface area contributed by atoms with Crippen LogP contribution in [0.15, 0.2) is 0 Å². The first-order chi connectivity index (χ1) is 10.5. The number of amides is 1. The number of alkyl halides is 4. The van der Waals surface area contributed by atoms with Crippen LogP contribution in [-0.4, -0.2) is 53.4 Å². The largest absolute Gasteiger partial charge is 0.444 e. The third-order valence-corrected chi connectivity index (χ3v) is 4.60. The summed E-state index contributed by atoms with van der Waals surface area (Å²) < 4.78 is 47.5. The molecule has 0 aromatic heterocycles. The van der Waals surface area contributed by atoms with E-state index in [9.17, 15) is 18.0 Å². The van der Waals surface area contributed by atoms with Gasteiger partial charge in [-0.15, -0.1) is 0 Å². The predicted octanol–water partition coefficient (Wildman–Crippen LogP) is 4.51. The highest BCUT2D eigenvalue weighted by Crippen LogP contribution is 2.30. The summed E-state index contributed by atoms with van der Waals surface area (Å²) in [6.07, 6.45) is -4.25. The van der Waals surface area contributed by atoms with Gasteiger partial charge in [0, 0.05) is 31.4 Å². The Labute approximate surface area is 143 Å². The van der Waals surface area contributed by atoms with Gasteiger partial charge in [-0.2, -0.15) is 13.2 Å². The topological polar surface area (TPSA) is 38.8 Å². The Morgan fingerprint density at radius 1 is 1.22 bits per heavy atom. The lowest BCUT2D eigenvalue weighted by molar-refractivity contribution is -0.143. The van der Waals surface area contributed by atoms with Crippen molar-refractivity contribution >= 4 is 22.0 Å². The smallest absolute Gasteiger partial charge is 0.410 e. The molecule has 0 spiro atoms. The van der Waals surface area contributed by atoms with Crippen LogP contribution in [0.5, 0.6) is 0 Å². The lowest BCUT2D eigenvalue weighted by Crippen LogP contribution is -2.50. The van der Waals surface area contributed by atoms with E-state index in [2.05, 4.69) is 15.9 Å². The van der Waals surface area contributed by atoms with Gasteiger partial charge in [-0.25, -0.2) is 4.79 Å². The van der Waals surface area contributed by atoms with Crippen molar-refractivity contribution in [1.29, 1.82) is 0 Å². The van der Waals surface area contributed by atoms with Gasteiger partial charge >= 0.3 is 12.3 Å². The molecular weight excluding hydrogens is 379 g/mol. The first-order valence-electron chi connectivity index (χ1n) is 7.71. The van der Waals surface area contributed by atoms with Crippen LogP contribution in [0, 0.1) is 0 Å². The zero-order chi connectivity index (χ0) is 17.7. The molecular formula is C15H25BrF3NO3. The molecule has 1 saturated heterocycles. The fourth-order valence-corrected chi connectivity index (χ4v) is 3.02. The van der Waals surface area contributed by atoms with Gasteiger partial charge in [-0.05, 0) is 40.0 Å². The molecule has 8 heteroatoms. The highest BCUT2D eigenvalue weighted by Gasteiger charge is 2.37. The molecule has 0 N–H and O–H groups in total. The standard InChI is InChI=1S/C15H25BrF3NO3/c1-13(2,3)23-12(21)20-8-6-14(11-16,7-9-20)22-10-4-5-15(17,18)19/h4-11H2,1-3H3. The number of rotatable bonds is 5. The van der Waals surface area contributed by atoms with Gasteiger partial charge in [0.2, 0.25) is 0 Å². The summed E-state index contributed by atoms with van der Waals surface area (Å²) in [4.78, 5) is 13.6. The molecule has 0 aliphatic carbocycles. The van der Waals surface area contributed by atoms with Crippen LogP contribution >= 0.6 is 15.9 Å². The Hall–Kier alpha value is -0.500. The van der Waals surface area contributed by atoms with E-state index in [0.717, 1.165) is 0 Å². The predicted molar refractivity (Wildman–Crippen MR) is 84.8 cm³/mol. The molecule has 0 radical (unpaired) electrons. The number of hydrogen-bond acceptors (Lipinski definition) is 3. The highest BCUT2D eigenvalue weighted by molar-refractivity contribution is 9.09. The quantitative estimate of drug-likeness (QED) is 0.500. The molecule has 0 unspecified atom stereocenters. The number of hydrogen-bond donors (Lipinski definition) is 0. The summed E-state index contributed by atoms with van der Waals surface area (Å²) in [5.74, 6) is 0. The molecule has 4 nitrogen and oxygen atoms in total. The molecule has 1 heterocycles. The summed E-state index contributed by atoms with van der Waals surface area (Å²) in [5, 5.41) is 0.536. The molecule has 1 amide bonds. The Kier molecular flexibility index (Phi) is 7.19. The second kappa shape index (κ2) is 8.05. The maximum Gasteiger partial charge on any atom is 0.410 e. The zero-order valence-electron chi connectivity index (χ0n) is 13.8. The van der Waals surface area contributed by atoms with Crippen LogP contribution in [0.3, 0.4) is 0 Å². The zero-order valence-corrected chi connectivity index (χ0v) is 15.4. The first kappa shape index (κ1) is 20.5. The molecule has 1 aliphatic rings. The van der Waals surface area contributed by atoms with E-state index in [4.69, 9.17) is 9.47 Å². The van der Waals surface area contributed by atoms with Crippen LogP contribution in [0.25, 0.3) is 0 Å². The van der Waals surface area contributed by atoms with Crippen molar-refractivity contribution in [2.75, 3.05) is 25.0 Å². The SMILES string of the molecule is CC(C)(C)OC(=O)N1CCC(CBr)(OCCCC(F)(F)F)CC1. The molecule has 0 aromatic carbocycles. The van der Waals surface area contributed by atoms with Gasteiger partial charge in [0.15, 0.2) is 0 Å². The molecule has 0 aromatic rings. The van der Waals surface area contributed by atoms with Gasteiger partial charge in [0.25, 0.3) is 0 Å². The van der Waals surface area contributed by atoms with Crippen LogP contribution in [0.4, 0.5) is 18.0 Å². The molecule has 23 heavy (non-hydrogen) atoms. The minimum Gasteiger partial charge on any atom is -0.444 e. The van der Waals surface area contributed by atoms with E-state index in [1.54, 1.807) is 25.7 Å². The lowest BCUT2D eigenvalue weighted by Gasteiger charge is -2.41. The Morgan fingerprint density at radius 3 is 2.22 bits per heavy atom. The number of carbonyl (C=O) groups is 1. The lowest BCUT2D eigenvalue weighted by atomic mass is 9.93. The third kappa shape index (κ3) is 7.74. The fourth-order valence-electron chi connectivity index (χ4n) is 2.30. The monoisotopic (exact) mass is 403 g/mol. The third-order valence-electron chi connectivity index (χ3n) is 3.58. The number of halogens is 4. The van der Waals surface area contributed by atoms with Crippen molar-refractivity contribution in [1.82, 2.24) is 4.90 Å². The normalized spacial score (nSPS) is 18.8. The maximum absolute atomic E-state index is 12.2. The van der Waals surface area contributed by atoms with Gasteiger partial charge in [0.1, 0.15) is 5.60 Å². The number of piperidine rings is 1. The van der Waals surface area contributed by atoms with Crippen molar-refractivity contribution in [3.8, 4) is 0 Å². The molecule has 1 aliphatic heterocycles. The van der Waals surface area contributed by atoms with Crippen LogP contribution in [0.2, 0.25) is 0 Å². The van der Waals surface area contributed by atoms with Crippen molar-refractivity contribution in [3.05, 3.63) is 0 Å². The Bertz CT molecular complexity index is 388. The first-order valence-corrected chi connectivity index (χ1v) is 8.83. The summed E-state index contributed by atoms with van der Waals surface area (Å²) in [5.41, 5.74) is -1.06. The van der Waals surface area contributed by atoms with Crippen LogP contribution in [0.1, 0.15) is 46.5 Å². The number of carbonyl (C=O) groups excluding carboxylic acids is 1. The second-order valence-corrected chi connectivity index (χ2v) is 7.41. The summed E-state index contributed by atoms with van der Waals surface area (Å²) >= 11 is 3.38. The van der Waals surface area contributed by atoms with Crippen molar-refractivity contribution < 1.29 is 27.4 Å². The van der Waals surface area contributed by atoms with Gasteiger partial charge < -0.3 is 14.4 Å². The number of ether oxygens (including phenoxy) is 2. The van der Waals surface area contributed by atoms with E-state index in [1.165, 1.54) is 0 Å². The van der Waals surface area contributed by atoms with Crippen LogP contribution in [-0.2, 0) is 9.47 Å². The number of nitrogens with zero attached hydrogens (tertiary/aromatic N) is 1. The summed E-state index contributed by atoms with van der Waals surface area (Å²) in [7, 11) is 0. The average molecular weight is 404 g/mol. The number of likely N-dealkylation sites (tertiary alicyclic amines) is 1. The molecule has 1 fully saturated rings. The second-order valence-electron chi connectivity index (χ2n) is 6.85. The van der Waals surface area contributed by atoms with Gasteiger partial charge in [-0.3, -0.25) is 0 Å². The Balaban J connectivity index is 2.42. The molecule has 0 saturated carbocycles. The van der Waals surface area contributed by atoms with Crippen LogP contribution < -0.4 is 0 Å². The molecule has 0 atom stereocenters. The molecule has 136 valence electrons. The van der Waals surface area contributed by atoms with E-state index in [1.807, 2.05) is 0 Å². The summed E-state index contributed by atoms with van der Waals surface area (Å²) in [6, 6.07) is 0. The minimum absolute atomic E-state index is 0.0476. The molecule has 0 bridgehead atoms. The maximum atomic E-state index is 12.2. The van der Waals surface area contributed by atoms with E-state index in [0.29, 0.717) is 31.3 Å². The van der Waals surface area contributed by atoms with Gasteiger partial charge in [0.05, 0.1) is 5.60 Å². The van der Waals surface area contributed by atoms with Crippen molar-refractivity contribution in [2.45, 2.75) is 63.8 Å². The van der Waals surface area contributed by atoms with E-state index >= 15 is 0 Å². The van der Waals surface area contributed by atoms with Crippen molar-refractivity contribution in [3.63, 3.8) is 0 Å². The highest BCUT2D eigenvalue weighted by atomic mass is 79.9. The fraction of sp³-hybridized carbons (Fsp3) is 0.933. The summed E-state index contributed by atoms with van der Waals surface area (Å²) in [6.45, 7) is 6.43. The van der Waals surface area contributed by atoms with E-state index < -0.39 is 23.8 Å². The average Bonchev–Trinajstić information content (AvgIpc) is 2.41. The molecule has 1 rings (SSSR count). The van der Waals surface area contributed by atoms with E-state index in [-0.39, 0.29) is 19.1 Å². The van der Waals surface area contributed by atoms with Gasteiger partial charge in [-0.1, -0.05) is 15.9 Å². The van der Waals surface area contributed by atoms with Crippen molar-refractivity contribution in [2.24, 2.45) is 0 Å². The minimum atomic E-state index is -4.15. The Morgan fingerprint density at radius 2 is 1.78 bits per heavy atom.